The second kappa shape index (κ2) is 7.37. The third-order valence-corrected chi connectivity index (χ3v) is 0.830. The van der Waals surface area contributed by atoms with E-state index in [1.54, 1.807) is 0 Å². The molecule has 0 amide bonds. The molecule has 52 valence electrons. The van der Waals surface area contributed by atoms with Gasteiger partial charge in [0, 0.05) is 6.42 Å². The number of carbonyl (C=O) groups excluding carboxylic acids is 1. The lowest BCUT2D eigenvalue weighted by molar-refractivity contribution is -0.108. The molecule has 0 aromatic heterocycles. The van der Waals surface area contributed by atoms with E-state index in [0.29, 0.717) is 19.6 Å². The van der Waals surface area contributed by atoms with Crippen LogP contribution in [0.25, 0.3) is 0 Å². The van der Waals surface area contributed by atoms with Crippen molar-refractivity contribution in [1.82, 2.24) is 0 Å². The highest BCUT2D eigenvalue weighted by molar-refractivity contribution is 5.49. The zero-order valence-electron chi connectivity index (χ0n) is 5.67. The van der Waals surface area contributed by atoms with Gasteiger partial charge in [0.15, 0.2) is 0 Å². The molecule has 2 nitrogen and oxygen atoms in total. The van der Waals surface area contributed by atoms with Gasteiger partial charge in [-0.25, -0.2) is 0 Å². The van der Waals surface area contributed by atoms with E-state index < -0.39 is 0 Å². The van der Waals surface area contributed by atoms with Crippen LogP contribution < -0.4 is 0 Å². The highest BCUT2D eigenvalue weighted by atomic mass is 16.5. The van der Waals surface area contributed by atoms with Crippen LogP contribution in [0.2, 0.25) is 0 Å². The number of carbonyl (C=O) groups is 1. The Kier molecular flexibility index (Phi) is 6.85. The summed E-state index contributed by atoms with van der Waals surface area (Å²) in [5, 5.41) is 0. The average molecular weight is 128 g/mol. The summed E-state index contributed by atoms with van der Waals surface area (Å²) in [5.41, 5.74) is 0. The van der Waals surface area contributed by atoms with Crippen LogP contribution in [0.3, 0.4) is 0 Å². The van der Waals surface area contributed by atoms with Gasteiger partial charge in [0.25, 0.3) is 0 Å². The monoisotopic (exact) mass is 128 g/mol. The molecule has 0 fully saturated rings. The minimum Gasteiger partial charge on any atom is -0.377 e. The summed E-state index contributed by atoms with van der Waals surface area (Å²) < 4.78 is 5.00. The normalized spacial score (nSPS) is 10.3. The first kappa shape index (κ1) is 8.37. The maximum Gasteiger partial charge on any atom is 0.122 e. The molecule has 0 spiro atoms. The molecule has 0 aliphatic carbocycles. The molecule has 0 N–H and O–H groups in total. The topological polar surface area (TPSA) is 26.3 Å². The maximum absolute atomic E-state index is 9.74. The molecule has 0 radical (unpaired) electrons. The minimum absolute atomic E-state index is 0.498. The number of ether oxygens (including phenoxy) is 1. The molecular weight excluding hydrogens is 116 g/mol. The summed E-state index contributed by atoms with van der Waals surface area (Å²) >= 11 is 0. The van der Waals surface area contributed by atoms with E-state index in [2.05, 4.69) is 0 Å². The van der Waals surface area contributed by atoms with Gasteiger partial charge >= 0.3 is 0 Å². The Morgan fingerprint density at radius 1 is 1.56 bits per heavy atom. The van der Waals surface area contributed by atoms with Crippen LogP contribution in [0, 0.1) is 0 Å². The fourth-order valence-corrected chi connectivity index (χ4v) is 0.379. The zero-order valence-corrected chi connectivity index (χ0v) is 5.67. The molecular formula is C7H12O2. The second-order valence-electron chi connectivity index (χ2n) is 1.60. The zero-order chi connectivity index (χ0) is 6.95. The standard InChI is InChI=1S/C7H12O2/c1-2-3-6-9-7-4-5-8/h2-3,5H,4,6-7H2,1H3/b3-2+. The van der Waals surface area contributed by atoms with Crippen LogP contribution in [-0.4, -0.2) is 19.5 Å². The van der Waals surface area contributed by atoms with Crippen LogP contribution in [0.15, 0.2) is 12.2 Å². The molecule has 9 heavy (non-hydrogen) atoms. The van der Waals surface area contributed by atoms with Crippen molar-refractivity contribution in [1.29, 1.82) is 0 Å². The van der Waals surface area contributed by atoms with Gasteiger partial charge in [-0.3, -0.25) is 0 Å². The van der Waals surface area contributed by atoms with Gasteiger partial charge in [-0.2, -0.15) is 0 Å². The number of aldehydes is 1. The Labute approximate surface area is 55.5 Å². The maximum atomic E-state index is 9.74. The van der Waals surface area contributed by atoms with Crippen LogP contribution in [0.4, 0.5) is 0 Å². The van der Waals surface area contributed by atoms with E-state index in [4.69, 9.17) is 4.74 Å². The molecule has 0 aliphatic heterocycles. The highest BCUT2D eigenvalue weighted by Crippen LogP contribution is 1.79. The molecule has 0 rings (SSSR count). The van der Waals surface area contributed by atoms with Gasteiger partial charge in [0.1, 0.15) is 6.29 Å². The third-order valence-electron chi connectivity index (χ3n) is 0.830. The van der Waals surface area contributed by atoms with Crippen molar-refractivity contribution in [2.24, 2.45) is 0 Å². The fraction of sp³-hybridized carbons (Fsp3) is 0.571. The lowest BCUT2D eigenvalue weighted by Crippen LogP contribution is -1.93. The van der Waals surface area contributed by atoms with Gasteiger partial charge in [0.2, 0.25) is 0 Å². The smallest absolute Gasteiger partial charge is 0.122 e. The van der Waals surface area contributed by atoms with Crippen molar-refractivity contribution >= 4 is 6.29 Å². The Balaban J connectivity index is 2.82. The van der Waals surface area contributed by atoms with Crippen LogP contribution in [0.1, 0.15) is 13.3 Å². The molecule has 2 heteroatoms. The lowest BCUT2D eigenvalue weighted by atomic mass is 10.5. The van der Waals surface area contributed by atoms with E-state index in [-0.39, 0.29) is 0 Å². The Morgan fingerprint density at radius 2 is 2.33 bits per heavy atom. The first-order valence-corrected chi connectivity index (χ1v) is 3.04. The van der Waals surface area contributed by atoms with Gasteiger partial charge in [-0.15, -0.1) is 0 Å². The SMILES string of the molecule is C/C=C/COCCC=O. The summed E-state index contributed by atoms with van der Waals surface area (Å²) in [5.74, 6) is 0. The van der Waals surface area contributed by atoms with Gasteiger partial charge in [-0.1, -0.05) is 12.2 Å². The number of hydrogen-bond acceptors (Lipinski definition) is 2. The molecule has 0 unspecified atom stereocenters. The van der Waals surface area contributed by atoms with Crippen molar-refractivity contribution in [3.63, 3.8) is 0 Å². The summed E-state index contributed by atoms with van der Waals surface area (Å²) in [6, 6.07) is 0. The van der Waals surface area contributed by atoms with Crippen molar-refractivity contribution in [3.8, 4) is 0 Å². The molecule has 0 atom stereocenters. The summed E-state index contributed by atoms with van der Waals surface area (Å²) in [6.45, 7) is 3.08. The molecule has 0 saturated carbocycles. The predicted molar refractivity (Wildman–Crippen MR) is 36.3 cm³/mol. The summed E-state index contributed by atoms with van der Waals surface area (Å²) in [6.07, 6.45) is 5.18. The van der Waals surface area contributed by atoms with E-state index in [1.807, 2.05) is 19.1 Å². The molecule has 0 heterocycles. The third kappa shape index (κ3) is 7.37. The largest absolute Gasteiger partial charge is 0.377 e. The van der Waals surface area contributed by atoms with Gasteiger partial charge < -0.3 is 9.53 Å². The van der Waals surface area contributed by atoms with E-state index >= 15 is 0 Å². The first-order valence-electron chi connectivity index (χ1n) is 3.04. The summed E-state index contributed by atoms with van der Waals surface area (Å²) in [4.78, 5) is 9.74. The van der Waals surface area contributed by atoms with E-state index in [1.165, 1.54) is 0 Å². The van der Waals surface area contributed by atoms with Crippen molar-refractivity contribution in [2.45, 2.75) is 13.3 Å². The van der Waals surface area contributed by atoms with E-state index in [0.717, 1.165) is 6.29 Å². The Bertz CT molecular complexity index is 86.9. The number of allylic oxidation sites excluding steroid dienone is 1. The summed E-state index contributed by atoms with van der Waals surface area (Å²) in [7, 11) is 0. The van der Waals surface area contributed by atoms with Crippen molar-refractivity contribution in [2.75, 3.05) is 13.2 Å². The molecule has 0 aliphatic rings. The van der Waals surface area contributed by atoms with Crippen LogP contribution >= 0.6 is 0 Å². The second-order valence-corrected chi connectivity index (χ2v) is 1.60. The van der Waals surface area contributed by atoms with Gasteiger partial charge in [-0.05, 0) is 6.92 Å². The molecule has 0 aromatic rings. The Hall–Kier alpha value is -0.630. The van der Waals surface area contributed by atoms with Crippen molar-refractivity contribution in [3.05, 3.63) is 12.2 Å². The number of hydrogen-bond donors (Lipinski definition) is 0. The van der Waals surface area contributed by atoms with Crippen LogP contribution in [-0.2, 0) is 9.53 Å². The van der Waals surface area contributed by atoms with Gasteiger partial charge in [0.05, 0.1) is 13.2 Å². The molecule has 0 saturated heterocycles. The molecule has 0 aromatic carbocycles. The Morgan fingerprint density at radius 3 is 2.89 bits per heavy atom. The average Bonchev–Trinajstić information content (AvgIpc) is 1.89. The lowest BCUT2D eigenvalue weighted by Gasteiger charge is -1.93. The van der Waals surface area contributed by atoms with Crippen molar-refractivity contribution < 1.29 is 9.53 Å². The minimum atomic E-state index is 0.498. The molecule has 0 bridgehead atoms. The van der Waals surface area contributed by atoms with Crippen LogP contribution in [0.5, 0.6) is 0 Å². The number of rotatable bonds is 5. The fourth-order valence-electron chi connectivity index (χ4n) is 0.379. The quantitative estimate of drug-likeness (QED) is 0.315. The predicted octanol–water partition coefficient (Wildman–Crippen LogP) is 1.17. The van der Waals surface area contributed by atoms with E-state index in [9.17, 15) is 4.79 Å². The highest BCUT2D eigenvalue weighted by Gasteiger charge is 1.80. The first-order chi connectivity index (χ1) is 4.41.